The summed E-state index contributed by atoms with van der Waals surface area (Å²) in [5.74, 6) is 0.946. The van der Waals surface area contributed by atoms with Gasteiger partial charge < -0.3 is 10.6 Å². The van der Waals surface area contributed by atoms with E-state index in [-0.39, 0.29) is 11.8 Å². The normalized spacial score (nSPS) is 13.0. The highest BCUT2D eigenvalue weighted by molar-refractivity contribution is 5.97. The molecule has 1 rings (SSSR count). The van der Waals surface area contributed by atoms with Crippen molar-refractivity contribution in [2.75, 3.05) is 13.1 Å². The monoisotopic (exact) mass is 388 g/mol. The van der Waals surface area contributed by atoms with E-state index in [1.165, 1.54) is 25.7 Å². The highest BCUT2D eigenvalue weighted by atomic mass is 16.2. The number of unbranched alkanes of at least 4 members (excludes halogenated alkanes) is 2. The molecule has 4 nitrogen and oxygen atoms in total. The summed E-state index contributed by atoms with van der Waals surface area (Å²) in [6.45, 7) is 10.2. The Labute approximate surface area is 171 Å². The van der Waals surface area contributed by atoms with Crippen LogP contribution < -0.4 is 10.6 Å². The van der Waals surface area contributed by atoms with Crippen molar-refractivity contribution in [3.63, 3.8) is 0 Å². The topological polar surface area (TPSA) is 58.2 Å². The van der Waals surface area contributed by atoms with Crippen molar-refractivity contribution in [1.82, 2.24) is 10.6 Å². The Morgan fingerprint density at radius 2 is 1.07 bits per heavy atom. The Balaban J connectivity index is 2.50. The van der Waals surface area contributed by atoms with Crippen LogP contribution in [0.5, 0.6) is 0 Å². The lowest BCUT2D eigenvalue weighted by Gasteiger charge is -2.16. The largest absolute Gasteiger partial charge is 0.352 e. The number of hydrogen-bond donors (Lipinski definition) is 2. The Bertz CT molecular complexity index is 517. The van der Waals surface area contributed by atoms with Gasteiger partial charge in [-0.05, 0) is 48.9 Å². The smallest absolute Gasteiger partial charge is 0.251 e. The summed E-state index contributed by atoms with van der Waals surface area (Å²) < 4.78 is 0. The van der Waals surface area contributed by atoms with E-state index >= 15 is 0 Å². The Kier molecular flexibility index (Phi) is 12.3. The standard InChI is InChI=1S/C24H40N2O2/c1-5-9-11-19(7-3)17-25-23(27)21-13-15-22(16-14-21)24(28)26-18-20(8-4)12-10-6-2/h13-16,19-20H,5-12,17-18H2,1-4H3,(H,25,27)(H,26,28). The van der Waals surface area contributed by atoms with Gasteiger partial charge in [0.15, 0.2) is 0 Å². The third-order valence-corrected chi connectivity index (χ3v) is 5.60. The molecule has 0 saturated carbocycles. The van der Waals surface area contributed by atoms with Gasteiger partial charge in [-0.3, -0.25) is 9.59 Å². The van der Waals surface area contributed by atoms with Crippen molar-refractivity contribution in [3.8, 4) is 0 Å². The van der Waals surface area contributed by atoms with E-state index < -0.39 is 0 Å². The zero-order valence-electron chi connectivity index (χ0n) is 18.4. The molecule has 2 unspecified atom stereocenters. The number of benzene rings is 1. The van der Waals surface area contributed by atoms with E-state index in [0.717, 1.165) is 25.7 Å². The molecule has 1 aromatic rings. The number of rotatable bonds is 14. The van der Waals surface area contributed by atoms with E-state index in [4.69, 9.17) is 0 Å². The fourth-order valence-corrected chi connectivity index (χ4v) is 3.34. The van der Waals surface area contributed by atoms with Gasteiger partial charge in [0.1, 0.15) is 0 Å². The summed E-state index contributed by atoms with van der Waals surface area (Å²) in [7, 11) is 0. The minimum absolute atomic E-state index is 0.0625. The molecule has 2 atom stereocenters. The van der Waals surface area contributed by atoms with Crippen LogP contribution in [0.1, 0.15) is 99.8 Å². The zero-order chi connectivity index (χ0) is 20.8. The van der Waals surface area contributed by atoms with Crippen LogP contribution >= 0.6 is 0 Å². The number of amides is 2. The van der Waals surface area contributed by atoms with E-state index in [2.05, 4.69) is 38.3 Å². The van der Waals surface area contributed by atoms with Gasteiger partial charge in [0.05, 0.1) is 0 Å². The second-order valence-corrected chi connectivity index (χ2v) is 7.83. The molecule has 0 spiro atoms. The van der Waals surface area contributed by atoms with E-state index in [9.17, 15) is 9.59 Å². The number of carbonyl (C=O) groups is 2. The lowest BCUT2D eigenvalue weighted by Crippen LogP contribution is -2.30. The van der Waals surface area contributed by atoms with Crippen LogP contribution in [-0.4, -0.2) is 24.9 Å². The van der Waals surface area contributed by atoms with Gasteiger partial charge in [-0.2, -0.15) is 0 Å². The van der Waals surface area contributed by atoms with Crippen molar-refractivity contribution < 1.29 is 9.59 Å². The van der Waals surface area contributed by atoms with Gasteiger partial charge in [-0.15, -0.1) is 0 Å². The van der Waals surface area contributed by atoms with Crippen molar-refractivity contribution >= 4 is 11.8 Å². The van der Waals surface area contributed by atoms with Crippen LogP contribution in [0.25, 0.3) is 0 Å². The number of hydrogen-bond acceptors (Lipinski definition) is 2. The fraction of sp³-hybridized carbons (Fsp3) is 0.667. The predicted molar refractivity (Wildman–Crippen MR) is 118 cm³/mol. The molecule has 0 bridgehead atoms. The average Bonchev–Trinajstić information content (AvgIpc) is 2.73. The average molecular weight is 389 g/mol. The molecule has 2 amide bonds. The highest BCUT2D eigenvalue weighted by Gasteiger charge is 2.13. The van der Waals surface area contributed by atoms with Gasteiger partial charge in [0.25, 0.3) is 11.8 Å². The molecular formula is C24H40N2O2. The predicted octanol–water partition coefficient (Wildman–Crippen LogP) is 5.58. The minimum atomic E-state index is -0.0625. The lowest BCUT2D eigenvalue weighted by atomic mass is 9.99. The summed E-state index contributed by atoms with van der Waals surface area (Å²) in [4.78, 5) is 24.7. The van der Waals surface area contributed by atoms with Gasteiger partial charge in [-0.1, -0.05) is 66.2 Å². The van der Waals surface area contributed by atoms with Crippen molar-refractivity contribution in [1.29, 1.82) is 0 Å². The first-order chi connectivity index (χ1) is 13.5. The van der Waals surface area contributed by atoms with Crippen LogP contribution in [0.3, 0.4) is 0 Å². The number of nitrogens with one attached hydrogen (secondary N) is 2. The third kappa shape index (κ3) is 8.90. The SMILES string of the molecule is CCCCC(CC)CNC(=O)c1ccc(C(=O)NCC(CC)CCCC)cc1. The highest BCUT2D eigenvalue weighted by Crippen LogP contribution is 2.13. The molecule has 28 heavy (non-hydrogen) atoms. The molecule has 0 aromatic heterocycles. The molecule has 1 aromatic carbocycles. The quantitative estimate of drug-likeness (QED) is 0.437. The van der Waals surface area contributed by atoms with Gasteiger partial charge in [0.2, 0.25) is 0 Å². The van der Waals surface area contributed by atoms with Crippen LogP contribution in [0.15, 0.2) is 24.3 Å². The Morgan fingerprint density at radius 3 is 1.36 bits per heavy atom. The maximum atomic E-state index is 12.4. The van der Waals surface area contributed by atoms with Crippen molar-refractivity contribution in [2.24, 2.45) is 11.8 Å². The van der Waals surface area contributed by atoms with Crippen molar-refractivity contribution in [2.45, 2.75) is 79.1 Å². The maximum Gasteiger partial charge on any atom is 0.251 e. The zero-order valence-corrected chi connectivity index (χ0v) is 18.4. The molecule has 4 heteroatoms. The minimum Gasteiger partial charge on any atom is -0.352 e. The molecule has 0 aliphatic heterocycles. The first kappa shape index (κ1) is 24.2. The second-order valence-electron chi connectivity index (χ2n) is 7.83. The first-order valence-corrected chi connectivity index (χ1v) is 11.2. The summed E-state index contributed by atoms with van der Waals surface area (Å²) in [6, 6.07) is 6.97. The number of carbonyl (C=O) groups excluding carboxylic acids is 2. The van der Waals surface area contributed by atoms with Crippen LogP contribution in [-0.2, 0) is 0 Å². The lowest BCUT2D eigenvalue weighted by molar-refractivity contribution is 0.0934. The summed E-state index contributed by atoms with van der Waals surface area (Å²) >= 11 is 0. The maximum absolute atomic E-state index is 12.4. The van der Waals surface area contributed by atoms with E-state index in [1.807, 2.05) is 0 Å². The van der Waals surface area contributed by atoms with Crippen LogP contribution in [0.4, 0.5) is 0 Å². The second kappa shape index (κ2) is 14.2. The van der Waals surface area contributed by atoms with Gasteiger partial charge in [0, 0.05) is 24.2 Å². The Morgan fingerprint density at radius 1 is 0.714 bits per heavy atom. The molecule has 0 fully saturated rings. The van der Waals surface area contributed by atoms with Gasteiger partial charge in [-0.25, -0.2) is 0 Å². The van der Waals surface area contributed by atoms with Crippen molar-refractivity contribution in [3.05, 3.63) is 35.4 Å². The summed E-state index contributed by atoms with van der Waals surface area (Å²) in [5, 5.41) is 6.07. The summed E-state index contributed by atoms with van der Waals surface area (Å²) in [5.41, 5.74) is 1.22. The third-order valence-electron chi connectivity index (χ3n) is 5.60. The van der Waals surface area contributed by atoms with Crippen LogP contribution in [0, 0.1) is 11.8 Å². The molecular weight excluding hydrogens is 348 g/mol. The molecule has 0 heterocycles. The first-order valence-electron chi connectivity index (χ1n) is 11.2. The molecule has 0 saturated heterocycles. The summed E-state index contributed by atoms with van der Waals surface area (Å²) in [6.07, 6.45) is 9.25. The van der Waals surface area contributed by atoms with Crippen LogP contribution in [0.2, 0.25) is 0 Å². The Hall–Kier alpha value is -1.84. The van der Waals surface area contributed by atoms with E-state index in [1.54, 1.807) is 24.3 Å². The van der Waals surface area contributed by atoms with E-state index in [0.29, 0.717) is 36.1 Å². The molecule has 2 N–H and O–H groups in total. The molecule has 0 radical (unpaired) electrons. The molecule has 0 aliphatic rings. The van der Waals surface area contributed by atoms with Gasteiger partial charge >= 0.3 is 0 Å². The molecule has 158 valence electrons. The molecule has 0 aliphatic carbocycles. The fourth-order valence-electron chi connectivity index (χ4n) is 3.34.